The van der Waals surface area contributed by atoms with Crippen LogP contribution in [0.25, 0.3) is 5.13 Å². The fourth-order valence-corrected chi connectivity index (χ4v) is 4.62. The van der Waals surface area contributed by atoms with Crippen molar-refractivity contribution in [2.45, 2.75) is 32.6 Å². The van der Waals surface area contributed by atoms with Gasteiger partial charge in [-0.25, -0.2) is 9.82 Å². The minimum Gasteiger partial charge on any atom is -0.294 e. The number of nitrogens with one attached hydrogen (secondary N) is 1. The lowest BCUT2D eigenvalue weighted by molar-refractivity contribution is 0.584. The molecule has 0 fully saturated rings. The van der Waals surface area contributed by atoms with Gasteiger partial charge in [0.15, 0.2) is 5.13 Å². The molecular weight excluding hydrogens is 368 g/mol. The average Bonchev–Trinajstić information content (AvgIpc) is 3.18. The van der Waals surface area contributed by atoms with Crippen molar-refractivity contribution in [1.82, 2.24) is 14.4 Å². The number of nitrogens with zero attached hydrogens (tertiary/aromatic N) is 3. The highest BCUT2D eigenvalue weighted by atomic mass is 32.2. The maximum absolute atomic E-state index is 12.5. The lowest BCUT2D eigenvalue weighted by Crippen LogP contribution is -2.19. The summed E-state index contributed by atoms with van der Waals surface area (Å²) >= 11 is 1.54. The summed E-state index contributed by atoms with van der Waals surface area (Å²) < 4.78 is 27.0. The first-order valence-corrected chi connectivity index (χ1v) is 10.4. The zero-order chi connectivity index (χ0) is 18.9. The van der Waals surface area contributed by atoms with Crippen LogP contribution in [-0.4, -0.2) is 24.2 Å². The van der Waals surface area contributed by atoms with E-state index in [4.69, 9.17) is 0 Å². The van der Waals surface area contributed by atoms with E-state index in [1.807, 2.05) is 42.9 Å². The van der Waals surface area contributed by atoms with Crippen molar-refractivity contribution in [3.05, 3.63) is 63.9 Å². The van der Waals surface area contributed by atoms with Crippen LogP contribution in [-0.2, 0) is 10.0 Å². The Balaban J connectivity index is 1.85. The van der Waals surface area contributed by atoms with Gasteiger partial charge in [-0.15, -0.1) is 11.3 Å². The number of aryl methyl sites for hydroxylation is 3. The molecule has 0 aliphatic carbocycles. The molecule has 0 saturated carbocycles. The predicted octanol–water partition coefficient (Wildman–Crippen LogP) is 3.48. The monoisotopic (exact) mass is 388 g/mol. The Morgan fingerprint density at radius 2 is 1.96 bits per heavy atom. The molecule has 0 spiro atoms. The largest absolute Gasteiger partial charge is 0.294 e. The number of aromatic nitrogens is 2. The van der Waals surface area contributed by atoms with Crippen LogP contribution in [0.5, 0.6) is 0 Å². The van der Waals surface area contributed by atoms with Gasteiger partial charge < -0.3 is 0 Å². The molecular formula is C18H20N4O2S2. The number of hydrogen-bond acceptors (Lipinski definition) is 5. The quantitative estimate of drug-likeness (QED) is 0.537. The van der Waals surface area contributed by atoms with Crippen molar-refractivity contribution in [3.8, 4) is 5.13 Å². The molecule has 136 valence electrons. The van der Waals surface area contributed by atoms with Gasteiger partial charge in [0.2, 0.25) is 0 Å². The Labute approximate surface area is 157 Å². The zero-order valence-electron chi connectivity index (χ0n) is 15.0. The molecule has 6 nitrogen and oxygen atoms in total. The van der Waals surface area contributed by atoms with Crippen molar-refractivity contribution in [3.63, 3.8) is 0 Å². The van der Waals surface area contributed by atoms with Crippen molar-refractivity contribution in [2.75, 3.05) is 0 Å². The van der Waals surface area contributed by atoms with Gasteiger partial charge in [0, 0.05) is 28.5 Å². The Kier molecular flexibility index (Phi) is 4.97. The lowest BCUT2D eigenvalue weighted by atomic mass is 10.2. The van der Waals surface area contributed by atoms with Gasteiger partial charge in [-0.2, -0.15) is 13.5 Å². The number of benzene rings is 1. The Bertz CT molecular complexity index is 1070. The van der Waals surface area contributed by atoms with Gasteiger partial charge in [-0.1, -0.05) is 12.1 Å². The van der Waals surface area contributed by atoms with E-state index in [-0.39, 0.29) is 4.90 Å². The second-order valence-corrected chi connectivity index (χ2v) is 8.60. The Morgan fingerprint density at radius 3 is 2.65 bits per heavy atom. The van der Waals surface area contributed by atoms with E-state index in [0.29, 0.717) is 5.56 Å². The van der Waals surface area contributed by atoms with E-state index in [0.717, 1.165) is 27.6 Å². The van der Waals surface area contributed by atoms with Gasteiger partial charge >= 0.3 is 0 Å². The van der Waals surface area contributed by atoms with Crippen LogP contribution in [0.4, 0.5) is 0 Å². The van der Waals surface area contributed by atoms with Gasteiger partial charge in [0.05, 0.1) is 11.1 Å². The van der Waals surface area contributed by atoms with E-state index in [1.165, 1.54) is 6.21 Å². The summed E-state index contributed by atoms with van der Waals surface area (Å²) in [6.07, 6.45) is 3.28. The summed E-state index contributed by atoms with van der Waals surface area (Å²) in [5, 5.41) is 6.75. The minimum atomic E-state index is -3.71. The number of thiazole rings is 1. The highest BCUT2D eigenvalue weighted by Crippen LogP contribution is 2.21. The molecule has 0 aliphatic heterocycles. The normalized spacial score (nSPS) is 12.0. The topological polar surface area (TPSA) is 76.3 Å². The van der Waals surface area contributed by atoms with Crippen LogP contribution in [0.1, 0.15) is 28.1 Å². The number of rotatable bonds is 5. The van der Waals surface area contributed by atoms with Gasteiger partial charge in [-0.3, -0.25) is 4.57 Å². The van der Waals surface area contributed by atoms with E-state index in [1.54, 1.807) is 36.6 Å². The van der Waals surface area contributed by atoms with Gasteiger partial charge in [0.1, 0.15) is 0 Å². The molecule has 2 aromatic heterocycles. The van der Waals surface area contributed by atoms with E-state index >= 15 is 0 Å². The average molecular weight is 389 g/mol. The second-order valence-electron chi connectivity index (χ2n) is 6.10. The third-order valence-corrected chi connectivity index (χ3v) is 6.21. The van der Waals surface area contributed by atoms with Crippen LogP contribution < -0.4 is 4.83 Å². The summed E-state index contributed by atoms with van der Waals surface area (Å²) in [6, 6.07) is 7.26. The Hall–Kier alpha value is -2.45. The fraction of sp³-hybridized carbons (Fsp3) is 0.222. The van der Waals surface area contributed by atoms with Crippen LogP contribution >= 0.6 is 11.3 Å². The first-order valence-electron chi connectivity index (χ1n) is 8.00. The Morgan fingerprint density at radius 1 is 1.19 bits per heavy atom. The first-order chi connectivity index (χ1) is 12.3. The fourth-order valence-electron chi connectivity index (χ4n) is 2.75. The molecule has 0 atom stereocenters. The third kappa shape index (κ3) is 3.56. The lowest BCUT2D eigenvalue weighted by Gasteiger charge is -2.07. The molecule has 1 aromatic carbocycles. The van der Waals surface area contributed by atoms with Crippen molar-refractivity contribution < 1.29 is 8.42 Å². The van der Waals surface area contributed by atoms with Crippen molar-refractivity contribution in [2.24, 2.45) is 5.10 Å². The third-order valence-electron chi connectivity index (χ3n) is 4.09. The van der Waals surface area contributed by atoms with E-state index in [9.17, 15) is 8.42 Å². The molecule has 0 aliphatic rings. The maximum Gasteiger partial charge on any atom is 0.276 e. The molecule has 2 heterocycles. The number of hydrogen-bond donors (Lipinski definition) is 1. The molecule has 0 radical (unpaired) electrons. The van der Waals surface area contributed by atoms with Crippen molar-refractivity contribution in [1.29, 1.82) is 0 Å². The highest BCUT2D eigenvalue weighted by Gasteiger charge is 2.16. The predicted molar refractivity (Wildman–Crippen MR) is 105 cm³/mol. The molecule has 1 N–H and O–H groups in total. The van der Waals surface area contributed by atoms with E-state index < -0.39 is 10.0 Å². The second kappa shape index (κ2) is 7.05. The zero-order valence-corrected chi connectivity index (χ0v) is 16.6. The molecule has 26 heavy (non-hydrogen) atoms. The molecule has 0 saturated heterocycles. The van der Waals surface area contributed by atoms with Crippen molar-refractivity contribution >= 4 is 27.6 Å². The number of hydrazone groups is 1. The van der Waals surface area contributed by atoms with Crippen LogP contribution in [0.3, 0.4) is 0 Å². The van der Waals surface area contributed by atoms with Crippen LogP contribution in [0.2, 0.25) is 0 Å². The summed E-state index contributed by atoms with van der Waals surface area (Å²) in [7, 11) is -3.71. The summed E-state index contributed by atoms with van der Waals surface area (Å²) in [5.41, 5.74) is 4.36. The highest BCUT2D eigenvalue weighted by molar-refractivity contribution is 7.89. The first kappa shape index (κ1) is 18.3. The maximum atomic E-state index is 12.5. The molecule has 0 bridgehead atoms. The van der Waals surface area contributed by atoms with Gasteiger partial charge in [-0.05, 0) is 51.0 Å². The van der Waals surface area contributed by atoms with Crippen LogP contribution in [0.15, 0.2) is 45.8 Å². The smallest absolute Gasteiger partial charge is 0.276 e. The molecule has 3 rings (SSSR count). The van der Waals surface area contributed by atoms with Crippen LogP contribution in [0, 0.1) is 27.7 Å². The number of sulfonamides is 1. The minimum absolute atomic E-state index is 0.239. The molecule has 8 heteroatoms. The van der Waals surface area contributed by atoms with Gasteiger partial charge in [0.25, 0.3) is 10.0 Å². The SMILES string of the molecule is Cc1ccc(C)c(S(=O)(=O)N/N=C\c2cc(C)n(-c3nccs3)c2C)c1. The molecule has 0 unspecified atom stereocenters. The van der Waals surface area contributed by atoms with E-state index in [2.05, 4.69) is 14.9 Å². The standard InChI is InChI=1S/C18H20N4O2S2/c1-12-5-6-13(2)17(9-12)26(23,24)21-20-11-16-10-14(3)22(15(16)4)18-19-7-8-25-18/h5-11,21H,1-4H3/b20-11-. The summed E-state index contributed by atoms with van der Waals surface area (Å²) in [6.45, 7) is 7.55. The molecule has 0 amide bonds. The summed E-state index contributed by atoms with van der Waals surface area (Å²) in [5.74, 6) is 0. The molecule has 3 aromatic rings. The summed E-state index contributed by atoms with van der Waals surface area (Å²) in [4.78, 5) is 6.86.